The Kier molecular flexibility index (Phi) is 7.07. The second kappa shape index (κ2) is 9.57. The average Bonchev–Trinajstić information content (AvgIpc) is 2.74. The van der Waals surface area contributed by atoms with Gasteiger partial charge in [0.2, 0.25) is 0 Å². The molecule has 1 aliphatic heterocycles. The summed E-state index contributed by atoms with van der Waals surface area (Å²) in [6.45, 7) is 3.11. The van der Waals surface area contributed by atoms with Crippen molar-refractivity contribution in [3.63, 3.8) is 0 Å². The second-order valence-corrected chi connectivity index (χ2v) is 7.31. The monoisotopic (exact) mass is 456 g/mol. The summed E-state index contributed by atoms with van der Waals surface area (Å²) >= 11 is 5.78. The van der Waals surface area contributed by atoms with Gasteiger partial charge in [0, 0.05) is 18.1 Å². The molecule has 6 nitrogen and oxygen atoms in total. The number of rotatable bonds is 5. The summed E-state index contributed by atoms with van der Waals surface area (Å²) in [7, 11) is 0. The molecular weight excluding hydrogens is 437 g/mol. The quantitative estimate of drug-likeness (QED) is 0.676. The summed E-state index contributed by atoms with van der Waals surface area (Å²) in [4.78, 5) is 26.6. The van der Waals surface area contributed by atoms with Gasteiger partial charge in [0.15, 0.2) is 6.10 Å². The molecule has 31 heavy (non-hydrogen) atoms. The van der Waals surface area contributed by atoms with Crippen LogP contribution in [0.4, 0.5) is 24.5 Å². The SMILES string of the molecule is CC(OC(=O)c1ccc(Cl)cc1)C(=O)Nc1cc(C(F)(F)F)ccc1N1CCOCC1. The van der Waals surface area contributed by atoms with Gasteiger partial charge in [-0.25, -0.2) is 4.79 Å². The molecule has 1 fully saturated rings. The number of alkyl halides is 3. The summed E-state index contributed by atoms with van der Waals surface area (Å²) < 4.78 is 50.0. The minimum atomic E-state index is -4.57. The standard InChI is InChI=1S/C21H20ClF3N2O4/c1-13(31-20(29)14-2-5-16(22)6-3-14)19(28)26-17-12-15(21(23,24)25)4-7-18(17)27-8-10-30-11-9-27/h2-7,12-13H,8-11H2,1H3,(H,26,28). The largest absolute Gasteiger partial charge is 0.449 e. The lowest BCUT2D eigenvalue weighted by molar-refractivity contribution is -0.137. The van der Waals surface area contributed by atoms with Crippen LogP contribution in [0.1, 0.15) is 22.8 Å². The molecule has 1 N–H and O–H groups in total. The van der Waals surface area contributed by atoms with Crippen LogP contribution in [0.3, 0.4) is 0 Å². The molecule has 0 bridgehead atoms. The number of esters is 1. The van der Waals surface area contributed by atoms with Gasteiger partial charge in [-0.1, -0.05) is 11.6 Å². The molecule has 1 amide bonds. The molecule has 0 radical (unpaired) electrons. The molecular formula is C21H20ClF3N2O4. The smallest absolute Gasteiger partial charge is 0.416 e. The van der Waals surface area contributed by atoms with E-state index in [9.17, 15) is 22.8 Å². The molecule has 1 unspecified atom stereocenters. The van der Waals surface area contributed by atoms with Gasteiger partial charge < -0.3 is 19.7 Å². The molecule has 166 valence electrons. The van der Waals surface area contributed by atoms with Crippen molar-refractivity contribution in [2.75, 3.05) is 36.5 Å². The third-order valence-electron chi connectivity index (χ3n) is 4.67. The normalized spacial score (nSPS) is 15.3. The van der Waals surface area contributed by atoms with Crippen LogP contribution >= 0.6 is 11.6 Å². The Hall–Kier alpha value is -2.78. The van der Waals surface area contributed by atoms with Crippen molar-refractivity contribution >= 4 is 34.9 Å². The van der Waals surface area contributed by atoms with E-state index in [2.05, 4.69) is 5.32 Å². The zero-order valence-corrected chi connectivity index (χ0v) is 17.3. The van der Waals surface area contributed by atoms with Crippen LogP contribution in [0.15, 0.2) is 42.5 Å². The molecule has 0 aliphatic carbocycles. The van der Waals surface area contributed by atoms with Gasteiger partial charge in [0.25, 0.3) is 5.91 Å². The van der Waals surface area contributed by atoms with E-state index in [0.29, 0.717) is 37.0 Å². The number of hydrogen-bond acceptors (Lipinski definition) is 5. The number of carbonyl (C=O) groups excluding carboxylic acids is 2. The van der Waals surface area contributed by atoms with Crippen LogP contribution < -0.4 is 10.2 Å². The summed E-state index contributed by atoms with van der Waals surface area (Å²) in [6.07, 6.45) is -5.81. The minimum Gasteiger partial charge on any atom is -0.449 e. The number of benzene rings is 2. The van der Waals surface area contributed by atoms with E-state index in [1.165, 1.54) is 37.3 Å². The van der Waals surface area contributed by atoms with Crippen LogP contribution in [0, 0.1) is 0 Å². The van der Waals surface area contributed by atoms with Crippen molar-refractivity contribution in [2.24, 2.45) is 0 Å². The summed E-state index contributed by atoms with van der Waals surface area (Å²) in [5, 5.41) is 2.90. The molecule has 1 saturated heterocycles. The van der Waals surface area contributed by atoms with E-state index in [4.69, 9.17) is 21.1 Å². The molecule has 2 aromatic carbocycles. The Morgan fingerprint density at radius 3 is 2.39 bits per heavy atom. The van der Waals surface area contributed by atoms with Crippen molar-refractivity contribution in [1.29, 1.82) is 0 Å². The number of hydrogen-bond donors (Lipinski definition) is 1. The zero-order chi connectivity index (χ0) is 22.6. The molecule has 0 saturated carbocycles. The van der Waals surface area contributed by atoms with E-state index < -0.39 is 29.7 Å². The number of ether oxygens (including phenoxy) is 2. The number of carbonyl (C=O) groups is 2. The van der Waals surface area contributed by atoms with Crippen molar-refractivity contribution in [2.45, 2.75) is 19.2 Å². The Labute approximate surface area is 181 Å². The number of morpholine rings is 1. The third kappa shape index (κ3) is 5.89. The van der Waals surface area contributed by atoms with Crippen LogP contribution in [0.5, 0.6) is 0 Å². The topological polar surface area (TPSA) is 67.9 Å². The van der Waals surface area contributed by atoms with E-state index >= 15 is 0 Å². The number of halogens is 4. The van der Waals surface area contributed by atoms with E-state index in [0.717, 1.165) is 12.1 Å². The first kappa shape index (κ1) is 22.9. The number of anilines is 2. The first-order valence-corrected chi connectivity index (χ1v) is 9.84. The summed E-state index contributed by atoms with van der Waals surface area (Å²) in [5.74, 6) is -1.51. The first-order valence-electron chi connectivity index (χ1n) is 9.46. The van der Waals surface area contributed by atoms with Crippen molar-refractivity contribution in [3.8, 4) is 0 Å². The molecule has 0 spiro atoms. The maximum atomic E-state index is 13.2. The molecule has 2 aromatic rings. The maximum Gasteiger partial charge on any atom is 0.416 e. The lowest BCUT2D eigenvalue weighted by Gasteiger charge is -2.31. The zero-order valence-electron chi connectivity index (χ0n) is 16.5. The molecule has 1 atom stereocenters. The lowest BCUT2D eigenvalue weighted by atomic mass is 10.1. The van der Waals surface area contributed by atoms with Crippen molar-refractivity contribution in [3.05, 3.63) is 58.6 Å². The van der Waals surface area contributed by atoms with Crippen molar-refractivity contribution < 1.29 is 32.2 Å². The van der Waals surface area contributed by atoms with Gasteiger partial charge in [-0.05, 0) is 49.4 Å². The van der Waals surface area contributed by atoms with E-state index in [1.807, 2.05) is 4.90 Å². The fourth-order valence-corrected chi connectivity index (χ4v) is 3.12. The van der Waals surface area contributed by atoms with Gasteiger partial charge in [0.05, 0.1) is 35.7 Å². The van der Waals surface area contributed by atoms with E-state index in [1.54, 1.807) is 0 Å². The Morgan fingerprint density at radius 1 is 1.13 bits per heavy atom. The highest BCUT2D eigenvalue weighted by molar-refractivity contribution is 6.30. The van der Waals surface area contributed by atoms with Gasteiger partial charge >= 0.3 is 12.1 Å². The molecule has 0 aromatic heterocycles. The van der Waals surface area contributed by atoms with Gasteiger partial charge in [-0.15, -0.1) is 0 Å². The second-order valence-electron chi connectivity index (χ2n) is 6.87. The minimum absolute atomic E-state index is 0.0175. The van der Waals surface area contributed by atoms with Crippen LogP contribution in [0.25, 0.3) is 0 Å². The number of nitrogens with one attached hydrogen (secondary N) is 1. The third-order valence-corrected chi connectivity index (χ3v) is 4.92. The van der Waals surface area contributed by atoms with E-state index in [-0.39, 0.29) is 11.3 Å². The van der Waals surface area contributed by atoms with Gasteiger partial charge in [-0.3, -0.25) is 4.79 Å². The highest BCUT2D eigenvalue weighted by atomic mass is 35.5. The highest BCUT2D eigenvalue weighted by Crippen LogP contribution is 2.36. The molecule has 1 aliphatic rings. The number of nitrogens with zero attached hydrogens (tertiary/aromatic N) is 1. The first-order chi connectivity index (χ1) is 14.6. The summed E-state index contributed by atoms with van der Waals surface area (Å²) in [6, 6.07) is 9.03. The number of amides is 1. The Bertz CT molecular complexity index is 945. The summed E-state index contributed by atoms with van der Waals surface area (Å²) in [5.41, 5.74) is -0.292. The van der Waals surface area contributed by atoms with Gasteiger partial charge in [-0.2, -0.15) is 13.2 Å². The highest BCUT2D eigenvalue weighted by Gasteiger charge is 2.32. The van der Waals surface area contributed by atoms with Crippen LogP contribution in [-0.2, 0) is 20.4 Å². The predicted molar refractivity (Wildman–Crippen MR) is 109 cm³/mol. The Morgan fingerprint density at radius 2 is 1.77 bits per heavy atom. The lowest BCUT2D eigenvalue weighted by Crippen LogP contribution is -2.37. The Balaban J connectivity index is 1.77. The van der Waals surface area contributed by atoms with Gasteiger partial charge in [0.1, 0.15) is 0 Å². The maximum absolute atomic E-state index is 13.2. The molecule has 10 heteroatoms. The molecule has 1 heterocycles. The van der Waals surface area contributed by atoms with Crippen molar-refractivity contribution in [1.82, 2.24) is 0 Å². The van der Waals surface area contributed by atoms with Crippen LogP contribution in [0.2, 0.25) is 5.02 Å². The predicted octanol–water partition coefficient (Wildman–Crippen LogP) is 4.38. The van der Waals surface area contributed by atoms with Crippen LogP contribution in [-0.4, -0.2) is 44.3 Å². The average molecular weight is 457 g/mol. The fraction of sp³-hybridized carbons (Fsp3) is 0.333. The molecule has 3 rings (SSSR count). The fourth-order valence-electron chi connectivity index (χ4n) is 2.99.